The second kappa shape index (κ2) is 7.41. The largest absolute Gasteiger partial charge is 0.405 e. The van der Waals surface area contributed by atoms with Crippen LogP contribution in [0, 0.1) is 5.82 Å². The van der Waals surface area contributed by atoms with Crippen molar-refractivity contribution in [2.75, 3.05) is 13.1 Å². The van der Waals surface area contributed by atoms with Gasteiger partial charge in [-0.1, -0.05) is 12.1 Å². The molecule has 0 saturated heterocycles. The Labute approximate surface area is 117 Å². The smallest absolute Gasteiger partial charge is 0.345 e. The van der Waals surface area contributed by atoms with Gasteiger partial charge < -0.3 is 10.6 Å². The van der Waals surface area contributed by atoms with Gasteiger partial charge in [0.05, 0.1) is 6.54 Å². The number of amides is 2. The maximum atomic E-state index is 12.8. The van der Waals surface area contributed by atoms with Crippen molar-refractivity contribution in [3.63, 3.8) is 0 Å². The summed E-state index contributed by atoms with van der Waals surface area (Å²) in [7, 11) is 0. The molecule has 0 aliphatic rings. The lowest BCUT2D eigenvalue weighted by atomic mass is 10.2. The number of nitrogens with one attached hydrogen (secondary N) is 2. The summed E-state index contributed by atoms with van der Waals surface area (Å²) in [5, 5.41) is 3.71. The van der Waals surface area contributed by atoms with E-state index < -0.39 is 36.9 Å². The van der Waals surface area contributed by atoms with E-state index in [4.69, 9.17) is 0 Å². The monoisotopic (exact) mass is 304 g/mol. The van der Waals surface area contributed by atoms with Gasteiger partial charge in [-0.15, -0.1) is 0 Å². The molecule has 0 saturated carbocycles. The molecule has 0 bridgehead atoms. The lowest BCUT2D eigenvalue weighted by Gasteiger charge is -2.08. The first kappa shape index (κ1) is 16.7. The fourth-order valence-electron chi connectivity index (χ4n) is 1.27. The number of halogens is 4. The van der Waals surface area contributed by atoms with Crippen molar-refractivity contribution < 1.29 is 27.2 Å². The average molecular weight is 304 g/mol. The van der Waals surface area contributed by atoms with E-state index in [2.05, 4.69) is 5.32 Å². The van der Waals surface area contributed by atoms with E-state index in [0.29, 0.717) is 5.56 Å². The van der Waals surface area contributed by atoms with E-state index in [9.17, 15) is 27.2 Å². The standard InChI is InChI=1S/C13H12F4N2O2/c14-10-3-1-2-9(6-10)4-5-11(20)18-7-12(21)19-8-13(15,16)17/h1-6H,7-8H2,(H,18,20)(H,19,21)/b5-4+. The zero-order valence-corrected chi connectivity index (χ0v) is 10.7. The second-order valence-corrected chi connectivity index (χ2v) is 4.00. The minimum atomic E-state index is -4.50. The second-order valence-electron chi connectivity index (χ2n) is 4.00. The number of alkyl halides is 3. The molecule has 21 heavy (non-hydrogen) atoms. The molecule has 0 unspecified atom stereocenters. The molecule has 0 aliphatic heterocycles. The molecule has 0 radical (unpaired) electrons. The van der Waals surface area contributed by atoms with Crippen LogP contribution in [0.15, 0.2) is 30.3 Å². The van der Waals surface area contributed by atoms with Crippen molar-refractivity contribution >= 4 is 17.9 Å². The Morgan fingerprint density at radius 2 is 1.90 bits per heavy atom. The molecule has 0 heterocycles. The van der Waals surface area contributed by atoms with E-state index in [1.54, 1.807) is 11.4 Å². The van der Waals surface area contributed by atoms with Crippen molar-refractivity contribution in [2.24, 2.45) is 0 Å². The van der Waals surface area contributed by atoms with E-state index in [1.165, 1.54) is 24.3 Å². The van der Waals surface area contributed by atoms with Gasteiger partial charge in [-0.2, -0.15) is 13.2 Å². The predicted octanol–water partition coefficient (Wildman–Crippen LogP) is 1.63. The fraction of sp³-hybridized carbons (Fsp3) is 0.231. The third kappa shape index (κ3) is 7.71. The summed E-state index contributed by atoms with van der Waals surface area (Å²) in [6.45, 7) is -2.04. The molecule has 0 aliphatic carbocycles. The number of rotatable bonds is 5. The van der Waals surface area contributed by atoms with Crippen LogP contribution >= 0.6 is 0 Å². The quantitative estimate of drug-likeness (QED) is 0.642. The van der Waals surface area contributed by atoms with Crippen LogP contribution in [0.3, 0.4) is 0 Å². The summed E-state index contributed by atoms with van der Waals surface area (Å²) in [5.41, 5.74) is 0.437. The molecule has 1 aromatic rings. The zero-order valence-electron chi connectivity index (χ0n) is 10.7. The highest BCUT2D eigenvalue weighted by Crippen LogP contribution is 2.11. The molecule has 2 N–H and O–H groups in total. The maximum absolute atomic E-state index is 12.8. The molecule has 0 fully saturated rings. The van der Waals surface area contributed by atoms with Crippen molar-refractivity contribution in [3.05, 3.63) is 41.7 Å². The fourth-order valence-corrected chi connectivity index (χ4v) is 1.27. The van der Waals surface area contributed by atoms with Crippen molar-refractivity contribution in [3.8, 4) is 0 Å². The first-order chi connectivity index (χ1) is 9.76. The number of hydrogen-bond donors (Lipinski definition) is 2. The van der Waals surface area contributed by atoms with Gasteiger partial charge in [0, 0.05) is 6.08 Å². The molecule has 4 nitrogen and oxygen atoms in total. The van der Waals surface area contributed by atoms with E-state index >= 15 is 0 Å². The van der Waals surface area contributed by atoms with Crippen LogP contribution in [0.4, 0.5) is 17.6 Å². The molecule has 0 aromatic heterocycles. The highest BCUT2D eigenvalue weighted by Gasteiger charge is 2.27. The van der Waals surface area contributed by atoms with E-state index in [1.807, 2.05) is 0 Å². The molecule has 0 atom stereocenters. The lowest BCUT2D eigenvalue weighted by Crippen LogP contribution is -2.40. The van der Waals surface area contributed by atoms with E-state index in [0.717, 1.165) is 6.08 Å². The van der Waals surface area contributed by atoms with Crippen LogP contribution in [-0.4, -0.2) is 31.1 Å². The minimum Gasteiger partial charge on any atom is -0.345 e. The van der Waals surface area contributed by atoms with E-state index in [-0.39, 0.29) is 0 Å². The van der Waals surface area contributed by atoms with Crippen LogP contribution in [0.5, 0.6) is 0 Å². The summed E-state index contributed by atoms with van der Waals surface area (Å²) in [6, 6.07) is 5.45. The van der Waals surface area contributed by atoms with Crippen LogP contribution in [0.25, 0.3) is 6.08 Å². The van der Waals surface area contributed by atoms with Gasteiger partial charge in [-0.3, -0.25) is 9.59 Å². The first-order valence-electron chi connectivity index (χ1n) is 5.81. The number of carbonyl (C=O) groups excluding carboxylic acids is 2. The molecule has 0 spiro atoms. The van der Waals surface area contributed by atoms with Gasteiger partial charge in [0.2, 0.25) is 11.8 Å². The lowest BCUT2D eigenvalue weighted by molar-refractivity contribution is -0.138. The highest BCUT2D eigenvalue weighted by molar-refractivity contribution is 5.94. The van der Waals surface area contributed by atoms with Gasteiger partial charge in [-0.05, 0) is 23.8 Å². The first-order valence-corrected chi connectivity index (χ1v) is 5.81. The number of carbonyl (C=O) groups is 2. The molecular formula is C13H12F4N2O2. The Bertz CT molecular complexity index is 541. The molecular weight excluding hydrogens is 292 g/mol. The third-order valence-electron chi connectivity index (χ3n) is 2.19. The number of benzene rings is 1. The maximum Gasteiger partial charge on any atom is 0.405 e. The van der Waals surface area contributed by atoms with Crippen LogP contribution in [0.1, 0.15) is 5.56 Å². The average Bonchev–Trinajstić information content (AvgIpc) is 2.40. The van der Waals surface area contributed by atoms with Crippen LogP contribution < -0.4 is 10.6 Å². The van der Waals surface area contributed by atoms with Gasteiger partial charge in [-0.25, -0.2) is 4.39 Å². The summed E-state index contributed by atoms with van der Waals surface area (Å²) >= 11 is 0. The molecule has 8 heteroatoms. The Morgan fingerprint density at radius 1 is 1.19 bits per heavy atom. The third-order valence-corrected chi connectivity index (χ3v) is 2.19. The van der Waals surface area contributed by atoms with Crippen molar-refractivity contribution in [2.45, 2.75) is 6.18 Å². The summed E-state index contributed by atoms with van der Waals surface area (Å²) in [5.74, 6) is -2.11. The van der Waals surface area contributed by atoms with Gasteiger partial charge in [0.1, 0.15) is 12.4 Å². The molecule has 1 rings (SSSR count). The van der Waals surface area contributed by atoms with Gasteiger partial charge >= 0.3 is 6.18 Å². The Kier molecular flexibility index (Phi) is 5.89. The molecule has 1 aromatic carbocycles. The Hall–Kier alpha value is -2.38. The minimum absolute atomic E-state index is 0.437. The predicted molar refractivity (Wildman–Crippen MR) is 67.5 cm³/mol. The summed E-state index contributed by atoms with van der Waals surface area (Å²) in [4.78, 5) is 22.3. The zero-order chi connectivity index (χ0) is 15.9. The highest BCUT2D eigenvalue weighted by atomic mass is 19.4. The van der Waals surface area contributed by atoms with Crippen molar-refractivity contribution in [1.29, 1.82) is 0 Å². The topological polar surface area (TPSA) is 58.2 Å². The summed E-state index contributed by atoms with van der Waals surface area (Å²) < 4.78 is 48.3. The normalized spacial score (nSPS) is 11.4. The van der Waals surface area contributed by atoms with Crippen LogP contribution in [-0.2, 0) is 9.59 Å². The SMILES string of the molecule is O=C(/C=C/c1cccc(F)c1)NCC(=O)NCC(F)(F)F. The van der Waals surface area contributed by atoms with Gasteiger partial charge in [0.15, 0.2) is 0 Å². The molecule has 114 valence electrons. The number of hydrogen-bond acceptors (Lipinski definition) is 2. The molecule has 2 amide bonds. The van der Waals surface area contributed by atoms with Crippen LogP contribution in [0.2, 0.25) is 0 Å². The van der Waals surface area contributed by atoms with Gasteiger partial charge in [0.25, 0.3) is 0 Å². The Balaban J connectivity index is 2.36. The summed E-state index contributed by atoms with van der Waals surface area (Å²) in [6.07, 6.45) is -2.14. The van der Waals surface area contributed by atoms with Crippen molar-refractivity contribution in [1.82, 2.24) is 10.6 Å². The Morgan fingerprint density at radius 3 is 2.52 bits per heavy atom.